The molecule has 0 unspecified atom stereocenters. The van der Waals surface area contributed by atoms with Gasteiger partial charge in [0.05, 0.1) is 6.16 Å². The van der Waals surface area contributed by atoms with Crippen LogP contribution in [0.15, 0.2) is 0 Å². The van der Waals surface area contributed by atoms with Gasteiger partial charge in [-0.25, -0.2) is 0 Å². The lowest BCUT2D eigenvalue weighted by Crippen LogP contribution is -2.03. The first kappa shape index (κ1) is 14.8. The van der Waals surface area contributed by atoms with Crippen molar-refractivity contribution in [1.29, 1.82) is 0 Å². The number of hydrogen-bond acceptors (Lipinski definition) is 4. The first-order valence-corrected chi connectivity index (χ1v) is 7.03. The highest BCUT2D eigenvalue weighted by atomic mass is 31.2. The molecule has 15 heavy (non-hydrogen) atoms. The summed E-state index contributed by atoms with van der Waals surface area (Å²) in [6, 6.07) is 0. The molecule has 0 aliphatic heterocycles. The predicted molar refractivity (Wildman–Crippen MR) is 60.3 cm³/mol. The molecule has 0 bridgehead atoms. The fraction of sp³-hybridized carbons (Fsp3) is 0.900. The van der Waals surface area contributed by atoms with E-state index in [0.717, 1.165) is 19.3 Å². The molecule has 4 nitrogen and oxygen atoms in total. The zero-order chi connectivity index (χ0) is 11.7. The maximum Gasteiger partial charge on any atom is 0.330 e. The minimum absolute atomic E-state index is 0.137. The van der Waals surface area contributed by atoms with E-state index < -0.39 is 7.60 Å². The molecule has 0 aliphatic rings. The SMILES string of the molecule is CCCCCC(=O)CCP(=O)(OC)OC. The lowest BCUT2D eigenvalue weighted by molar-refractivity contribution is -0.118. The summed E-state index contributed by atoms with van der Waals surface area (Å²) < 4.78 is 21.1. The van der Waals surface area contributed by atoms with Gasteiger partial charge in [-0.2, -0.15) is 0 Å². The highest BCUT2D eigenvalue weighted by Gasteiger charge is 2.21. The first-order chi connectivity index (χ1) is 7.08. The van der Waals surface area contributed by atoms with Crippen molar-refractivity contribution in [2.24, 2.45) is 0 Å². The first-order valence-electron chi connectivity index (χ1n) is 5.30. The van der Waals surface area contributed by atoms with Crippen LogP contribution in [0.4, 0.5) is 0 Å². The molecule has 0 fully saturated rings. The molecule has 0 heterocycles. The molecule has 0 rings (SSSR count). The number of unbranched alkanes of at least 4 members (excludes halogenated alkanes) is 2. The van der Waals surface area contributed by atoms with Gasteiger partial charge >= 0.3 is 7.60 Å². The number of rotatable bonds is 9. The minimum atomic E-state index is -2.99. The molecular weight excluding hydrogens is 215 g/mol. The van der Waals surface area contributed by atoms with Crippen molar-refractivity contribution >= 4 is 13.4 Å². The summed E-state index contributed by atoms with van der Waals surface area (Å²) in [5, 5.41) is 0. The van der Waals surface area contributed by atoms with Gasteiger partial charge in [0.25, 0.3) is 0 Å². The van der Waals surface area contributed by atoms with Crippen LogP contribution < -0.4 is 0 Å². The molecule has 0 aromatic heterocycles. The minimum Gasteiger partial charge on any atom is -0.312 e. The van der Waals surface area contributed by atoms with Crippen molar-refractivity contribution in [3.8, 4) is 0 Å². The molecule has 0 aliphatic carbocycles. The van der Waals surface area contributed by atoms with Gasteiger partial charge in [0.15, 0.2) is 0 Å². The smallest absolute Gasteiger partial charge is 0.312 e. The molecule has 0 aromatic carbocycles. The van der Waals surface area contributed by atoms with Gasteiger partial charge in [0.2, 0.25) is 0 Å². The molecule has 0 N–H and O–H groups in total. The van der Waals surface area contributed by atoms with Crippen LogP contribution in [0.5, 0.6) is 0 Å². The van der Waals surface area contributed by atoms with Crippen LogP contribution in [0.2, 0.25) is 0 Å². The van der Waals surface area contributed by atoms with E-state index in [2.05, 4.69) is 6.92 Å². The second-order valence-corrected chi connectivity index (χ2v) is 5.84. The molecular formula is C10H21O4P. The molecule has 0 saturated heterocycles. The normalized spacial score (nSPS) is 11.7. The van der Waals surface area contributed by atoms with Gasteiger partial charge in [0, 0.05) is 27.1 Å². The Morgan fingerprint density at radius 2 is 1.73 bits per heavy atom. The lowest BCUT2D eigenvalue weighted by Gasteiger charge is -2.12. The van der Waals surface area contributed by atoms with Crippen LogP contribution in [0.25, 0.3) is 0 Å². The fourth-order valence-electron chi connectivity index (χ4n) is 1.22. The van der Waals surface area contributed by atoms with E-state index in [0.29, 0.717) is 6.42 Å². The van der Waals surface area contributed by atoms with Crippen LogP contribution in [0, 0.1) is 0 Å². The zero-order valence-corrected chi connectivity index (χ0v) is 10.7. The van der Waals surface area contributed by atoms with E-state index in [9.17, 15) is 9.36 Å². The highest BCUT2D eigenvalue weighted by molar-refractivity contribution is 7.53. The van der Waals surface area contributed by atoms with E-state index in [-0.39, 0.29) is 18.4 Å². The molecule has 0 amide bonds. The molecule has 0 spiro atoms. The van der Waals surface area contributed by atoms with Gasteiger partial charge in [-0.05, 0) is 6.42 Å². The summed E-state index contributed by atoms with van der Waals surface area (Å²) in [7, 11) is -0.317. The molecule has 90 valence electrons. The molecule has 0 aromatic rings. The van der Waals surface area contributed by atoms with Crippen molar-refractivity contribution in [1.82, 2.24) is 0 Å². The Hall–Kier alpha value is -0.180. The quantitative estimate of drug-likeness (QED) is 0.456. The van der Waals surface area contributed by atoms with Crippen molar-refractivity contribution in [2.75, 3.05) is 20.4 Å². The van der Waals surface area contributed by atoms with E-state index in [1.165, 1.54) is 14.2 Å². The number of carbonyl (C=O) groups excluding carboxylic acids is 1. The summed E-state index contributed by atoms with van der Waals surface area (Å²) in [6.45, 7) is 2.09. The number of hydrogen-bond donors (Lipinski definition) is 0. The summed E-state index contributed by atoms with van der Waals surface area (Å²) in [5.74, 6) is 0.137. The van der Waals surface area contributed by atoms with Gasteiger partial charge < -0.3 is 9.05 Å². The Bertz CT molecular complexity index is 219. The van der Waals surface area contributed by atoms with Crippen molar-refractivity contribution in [3.63, 3.8) is 0 Å². The van der Waals surface area contributed by atoms with Crippen molar-refractivity contribution in [2.45, 2.75) is 39.0 Å². The predicted octanol–water partition coefficient (Wildman–Crippen LogP) is 3.01. The summed E-state index contributed by atoms with van der Waals surface area (Å²) in [6.07, 6.45) is 4.12. The Morgan fingerprint density at radius 1 is 1.13 bits per heavy atom. The Labute approximate surface area is 91.9 Å². The third-order valence-electron chi connectivity index (χ3n) is 2.28. The number of carbonyl (C=O) groups is 1. The fourth-order valence-corrected chi connectivity index (χ4v) is 2.25. The second kappa shape index (κ2) is 8.03. The Kier molecular flexibility index (Phi) is 7.93. The molecule has 0 atom stereocenters. The van der Waals surface area contributed by atoms with Crippen LogP contribution in [0.3, 0.4) is 0 Å². The highest BCUT2D eigenvalue weighted by Crippen LogP contribution is 2.46. The molecule has 0 radical (unpaired) electrons. The largest absolute Gasteiger partial charge is 0.330 e. The van der Waals surface area contributed by atoms with Crippen LogP contribution in [-0.2, 0) is 18.4 Å². The molecule has 0 saturated carbocycles. The second-order valence-electron chi connectivity index (χ2n) is 3.45. The van der Waals surface area contributed by atoms with Gasteiger partial charge in [0.1, 0.15) is 5.78 Å². The van der Waals surface area contributed by atoms with Crippen LogP contribution in [0.1, 0.15) is 39.0 Å². The van der Waals surface area contributed by atoms with Gasteiger partial charge in [-0.1, -0.05) is 19.8 Å². The average Bonchev–Trinajstić information content (AvgIpc) is 2.26. The zero-order valence-electron chi connectivity index (χ0n) is 9.82. The number of ketones is 1. The molecule has 5 heteroatoms. The maximum absolute atomic E-state index is 11.6. The van der Waals surface area contributed by atoms with Crippen LogP contribution in [-0.4, -0.2) is 26.2 Å². The Balaban J connectivity index is 3.74. The maximum atomic E-state index is 11.6. The van der Waals surface area contributed by atoms with E-state index >= 15 is 0 Å². The van der Waals surface area contributed by atoms with Gasteiger partial charge in [-0.3, -0.25) is 9.36 Å². The number of Topliss-reactive ketones (excluding diaryl/α,β-unsaturated/α-hetero) is 1. The summed E-state index contributed by atoms with van der Waals surface area (Å²) in [4.78, 5) is 11.4. The van der Waals surface area contributed by atoms with Gasteiger partial charge in [-0.15, -0.1) is 0 Å². The Morgan fingerprint density at radius 3 is 2.20 bits per heavy atom. The standard InChI is InChI=1S/C10H21O4P/c1-4-5-6-7-10(11)8-9-15(12,13-2)14-3/h4-9H2,1-3H3. The van der Waals surface area contributed by atoms with Crippen molar-refractivity contribution < 1.29 is 18.4 Å². The lowest BCUT2D eigenvalue weighted by atomic mass is 10.1. The monoisotopic (exact) mass is 236 g/mol. The topological polar surface area (TPSA) is 52.6 Å². The van der Waals surface area contributed by atoms with E-state index in [1.54, 1.807) is 0 Å². The summed E-state index contributed by atoms with van der Waals surface area (Å²) in [5.41, 5.74) is 0. The third-order valence-corrected chi connectivity index (χ3v) is 4.16. The van der Waals surface area contributed by atoms with E-state index in [4.69, 9.17) is 9.05 Å². The van der Waals surface area contributed by atoms with E-state index in [1.807, 2.05) is 0 Å². The third kappa shape index (κ3) is 6.82. The average molecular weight is 236 g/mol. The van der Waals surface area contributed by atoms with Crippen LogP contribution >= 0.6 is 7.60 Å². The summed E-state index contributed by atoms with van der Waals surface area (Å²) >= 11 is 0. The van der Waals surface area contributed by atoms with Crippen molar-refractivity contribution in [3.05, 3.63) is 0 Å².